The Morgan fingerprint density at radius 3 is 2.71 bits per heavy atom. The zero-order valence-corrected chi connectivity index (χ0v) is 10.0. The molecular weight excluding hydrogens is 250 g/mol. The lowest BCUT2D eigenvalue weighted by Gasteiger charge is -2.11. The van der Waals surface area contributed by atoms with E-state index in [1.807, 2.05) is 0 Å². The van der Waals surface area contributed by atoms with E-state index in [4.69, 9.17) is 17.3 Å². The van der Waals surface area contributed by atoms with Crippen molar-refractivity contribution < 1.29 is 13.6 Å². The molecule has 1 aromatic carbocycles. The molecule has 0 bridgehead atoms. The Hall–Kier alpha value is -1.20. The van der Waals surface area contributed by atoms with Gasteiger partial charge in [0.05, 0.1) is 10.7 Å². The second-order valence-corrected chi connectivity index (χ2v) is 4.24. The summed E-state index contributed by atoms with van der Waals surface area (Å²) in [4.78, 5) is 11.5. The summed E-state index contributed by atoms with van der Waals surface area (Å²) in [6.45, 7) is 2.15. The molecule has 1 rings (SSSR count). The summed E-state index contributed by atoms with van der Waals surface area (Å²) in [5, 5.41) is 2.13. The molecule has 1 unspecified atom stereocenters. The van der Waals surface area contributed by atoms with Gasteiger partial charge in [-0.2, -0.15) is 0 Å². The Kier molecular flexibility index (Phi) is 4.84. The van der Waals surface area contributed by atoms with E-state index in [-0.39, 0.29) is 23.0 Å². The summed E-state index contributed by atoms with van der Waals surface area (Å²) in [5.74, 6) is -2.11. The number of anilines is 1. The lowest BCUT2D eigenvalue weighted by molar-refractivity contribution is -0.116. The maximum Gasteiger partial charge on any atom is 0.224 e. The molecule has 94 valence electrons. The number of nitrogens with two attached hydrogens (primary N) is 1. The Morgan fingerprint density at radius 1 is 1.53 bits per heavy atom. The fraction of sp³-hybridized carbons (Fsp3) is 0.364. The number of amides is 1. The zero-order chi connectivity index (χ0) is 13.0. The second kappa shape index (κ2) is 5.93. The number of carbonyl (C=O) groups is 1. The topological polar surface area (TPSA) is 55.1 Å². The molecule has 0 fully saturated rings. The van der Waals surface area contributed by atoms with Crippen molar-refractivity contribution in [1.29, 1.82) is 0 Å². The fourth-order valence-corrected chi connectivity index (χ4v) is 1.49. The normalized spacial score (nSPS) is 12.3. The molecule has 0 heterocycles. The van der Waals surface area contributed by atoms with Crippen molar-refractivity contribution in [3.05, 3.63) is 28.8 Å². The molecule has 1 amide bonds. The molecule has 1 aromatic rings. The van der Waals surface area contributed by atoms with Crippen LogP contribution in [0.25, 0.3) is 0 Å². The molecule has 0 aliphatic heterocycles. The molecule has 3 nitrogen and oxygen atoms in total. The summed E-state index contributed by atoms with van der Waals surface area (Å²) in [5.41, 5.74) is 5.16. The molecule has 3 N–H and O–H groups in total. The van der Waals surface area contributed by atoms with Gasteiger partial charge in [0.2, 0.25) is 5.91 Å². The molecule has 0 radical (unpaired) electrons. The Balaban J connectivity index is 2.78. The SMILES string of the molecule is CC(CN)CC(=O)Nc1c(F)cc(F)cc1Cl. The van der Waals surface area contributed by atoms with Crippen LogP contribution in [0.3, 0.4) is 0 Å². The van der Waals surface area contributed by atoms with Gasteiger partial charge in [-0.1, -0.05) is 18.5 Å². The van der Waals surface area contributed by atoms with Crippen molar-refractivity contribution in [3.63, 3.8) is 0 Å². The number of rotatable bonds is 4. The number of halogens is 3. The van der Waals surface area contributed by atoms with Gasteiger partial charge in [0.15, 0.2) is 5.82 Å². The summed E-state index contributed by atoms with van der Waals surface area (Å²) in [6, 6.07) is 1.60. The van der Waals surface area contributed by atoms with Crippen LogP contribution in [0.4, 0.5) is 14.5 Å². The minimum Gasteiger partial charge on any atom is -0.330 e. The highest BCUT2D eigenvalue weighted by Gasteiger charge is 2.14. The highest BCUT2D eigenvalue weighted by Crippen LogP contribution is 2.26. The van der Waals surface area contributed by atoms with E-state index in [2.05, 4.69) is 5.32 Å². The summed E-state index contributed by atoms with van der Waals surface area (Å²) in [7, 11) is 0. The lowest BCUT2D eigenvalue weighted by atomic mass is 10.1. The third kappa shape index (κ3) is 3.94. The van der Waals surface area contributed by atoms with Crippen LogP contribution in [0.2, 0.25) is 5.02 Å². The number of hydrogen-bond donors (Lipinski definition) is 2. The van der Waals surface area contributed by atoms with Gasteiger partial charge in [-0.25, -0.2) is 8.78 Å². The number of hydrogen-bond acceptors (Lipinski definition) is 2. The van der Waals surface area contributed by atoms with Crippen molar-refractivity contribution >= 4 is 23.2 Å². The van der Waals surface area contributed by atoms with Crippen LogP contribution >= 0.6 is 11.6 Å². The van der Waals surface area contributed by atoms with E-state index in [1.54, 1.807) is 6.92 Å². The van der Waals surface area contributed by atoms with Crippen LogP contribution in [0.15, 0.2) is 12.1 Å². The van der Waals surface area contributed by atoms with Crippen molar-refractivity contribution in [3.8, 4) is 0 Å². The minimum atomic E-state index is -0.899. The average Bonchev–Trinajstić information content (AvgIpc) is 2.23. The van der Waals surface area contributed by atoms with Crippen LogP contribution in [0, 0.1) is 17.6 Å². The molecule has 0 saturated heterocycles. The molecule has 0 aliphatic carbocycles. The quantitative estimate of drug-likeness (QED) is 0.876. The standard InChI is InChI=1S/C11H13ClF2N2O/c1-6(5-15)2-10(17)16-11-8(12)3-7(13)4-9(11)14/h3-4,6H,2,5,15H2,1H3,(H,16,17). The monoisotopic (exact) mass is 262 g/mol. The number of carbonyl (C=O) groups excluding carboxylic acids is 1. The number of nitrogens with one attached hydrogen (secondary N) is 1. The minimum absolute atomic E-state index is 0.0164. The van der Waals surface area contributed by atoms with E-state index in [1.165, 1.54) is 0 Å². The van der Waals surface area contributed by atoms with Gasteiger partial charge < -0.3 is 11.1 Å². The maximum atomic E-state index is 13.3. The summed E-state index contributed by atoms with van der Waals surface area (Å²) < 4.78 is 26.1. The average molecular weight is 263 g/mol. The first kappa shape index (κ1) is 13.9. The highest BCUT2D eigenvalue weighted by atomic mass is 35.5. The van der Waals surface area contributed by atoms with Crippen molar-refractivity contribution in [2.45, 2.75) is 13.3 Å². The maximum absolute atomic E-state index is 13.3. The molecule has 6 heteroatoms. The number of benzene rings is 1. The lowest BCUT2D eigenvalue weighted by Crippen LogP contribution is -2.20. The highest BCUT2D eigenvalue weighted by molar-refractivity contribution is 6.33. The third-order valence-electron chi connectivity index (χ3n) is 2.21. The van der Waals surface area contributed by atoms with Crippen molar-refractivity contribution in [2.75, 3.05) is 11.9 Å². The first-order valence-electron chi connectivity index (χ1n) is 5.08. The molecule has 0 spiro atoms. The van der Waals surface area contributed by atoms with Gasteiger partial charge >= 0.3 is 0 Å². The largest absolute Gasteiger partial charge is 0.330 e. The Labute approximate surface area is 103 Å². The van der Waals surface area contributed by atoms with Gasteiger partial charge in [0, 0.05) is 12.5 Å². The second-order valence-electron chi connectivity index (χ2n) is 3.84. The fourth-order valence-electron chi connectivity index (χ4n) is 1.25. The van der Waals surface area contributed by atoms with E-state index in [0.717, 1.165) is 6.07 Å². The molecule has 0 aromatic heterocycles. The van der Waals surface area contributed by atoms with E-state index < -0.39 is 17.5 Å². The van der Waals surface area contributed by atoms with Gasteiger partial charge in [0.25, 0.3) is 0 Å². The molecule has 1 atom stereocenters. The Bertz CT molecular complexity index is 403. The van der Waals surface area contributed by atoms with Crippen LogP contribution in [0.5, 0.6) is 0 Å². The predicted octanol–water partition coefficient (Wildman–Crippen LogP) is 2.54. The molecule has 0 saturated carbocycles. The van der Waals surface area contributed by atoms with Gasteiger partial charge in [-0.3, -0.25) is 4.79 Å². The van der Waals surface area contributed by atoms with Crippen LogP contribution in [-0.2, 0) is 4.79 Å². The van der Waals surface area contributed by atoms with Gasteiger partial charge in [-0.15, -0.1) is 0 Å². The third-order valence-corrected chi connectivity index (χ3v) is 2.51. The first-order valence-corrected chi connectivity index (χ1v) is 5.46. The summed E-state index contributed by atoms with van der Waals surface area (Å²) in [6.07, 6.45) is 0.156. The van der Waals surface area contributed by atoms with Crippen molar-refractivity contribution in [2.24, 2.45) is 11.7 Å². The smallest absolute Gasteiger partial charge is 0.224 e. The summed E-state index contributed by atoms with van der Waals surface area (Å²) >= 11 is 5.63. The van der Waals surface area contributed by atoms with Gasteiger partial charge in [0.1, 0.15) is 5.82 Å². The van der Waals surface area contributed by atoms with Crippen molar-refractivity contribution in [1.82, 2.24) is 0 Å². The molecular formula is C11H13ClF2N2O. The molecule has 0 aliphatic rings. The predicted molar refractivity (Wildman–Crippen MR) is 62.8 cm³/mol. The van der Waals surface area contributed by atoms with Gasteiger partial charge in [-0.05, 0) is 18.5 Å². The van der Waals surface area contributed by atoms with Crippen LogP contribution < -0.4 is 11.1 Å². The Morgan fingerprint density at radius 2 is 2.18 bits per heavy atom. The van der Waals surface area contributed by atoms with E-state index in [0.29, 0.717) is 12.6 Å². The van der Waals surface area contributed by atoms with Crippen LogP contribution in [-0.4, -0.2) is 12.5 Å². The van der Waals surface area contributed by atoms with E-state index >= 15 is 0 Å². The first-order chi connectivity index (χ1) is 7.93. The zero-order valence-electron chi connectivity index (χ0n) is 9.27. The molecule has 17 heavy (non-hydrogen) atoms. The van der Waals surface area contributed by atoms with Crippen LogP contribution in [0.1, 0.15) is 13.3 Å². The van der Waals surface area contributed by atoms with E-state index in [9.17, 15) is 13.6 Å².